The molecule has 0 spiro atoms. The number of hydrogen-bond acceptors (Lipinski definition) is 1. The molecule has 0 aliphatic heterocycles. The van der Waals surface area contributed by atoms with Crippen LogP contribution in [-0.4, -0.2) is 4.98 Å². The Labute approximate surface area is 280 Å². The average Bonchev–Trinajstić information content (AvgIpc) is 3.17. The lowest BCUT2D eigenvalue weighted by molar-refractivity contribution is 1.34. The van der Waals surface area contributed by atoms with E-state index < -0.39 is 0 Å². The first-order chi connectivity index (χ1) is 23.8. The number of fused-ring (bicyclic) bond motifs is 3. The number of hydrogen-bond donors (Lipinski definition) is 0. The average molecular weight is 610 g/mol. The molecule has 0 radical (unpaired) electrons. The van der Waals surface area contributed by atoms with Gasteiger partial charge in [-0.15, -0.1) is 0 Å². The maximum Gasteiger partial charge on any atom is 0.0722 e. The maximum absolute atomic E-state index is 5.34. The Morgan fingerprint density at radius 3 is 1.27 bits per heavy atom. The molecule has 0 bridgehead atoms. The lowest BCUT2D eigenvalue weighted by Gasteiger charge is -2.18. The second-order valence-corrected chi connectivity index (χ2v) is 12.3. The highest BCUT2D eigenvalue weighted by Gasteiger charge is 2.18. The summed E-state index contributed by atoms with van der Waals surface area (Å²) in [5, 5.41) is 7.29. The van der Waals surface area contributed by atoms with Gasteiger partial charge in [-0.25, -0.2) is 4.98 Å². The largest absolute Gasteiger partial charge is 0.248 e. The summed E-state index contributed by atoms with van der Waals surface area (Å²) in [6.45, 7) is 0. The predicted octanol–water partition coefficient (Wildman–Crippen LogP) is 12.9. The number of pyridine rings is 1. The maximum atomic E-state index is 5.34. The summed E-state index contributed by atoms with van der Waals surface area (Å²) in [7, 11) is 0. The van der Waals surface area contributed by atoms with Gasteiger partial charge in [-0.1, -0.05) is 176 Å². The number of benzene rings is 8. The third-order valence-corrected chi connectivity index (χ3v) is 9.50. The molecule has 8 aromatic carbocycles. The van der Waals surface area contributed by atoms with Gasteiger partial charge in [-0.2, -0.15) is 0 Å². The van der Waals surface area contributed by atoms with Crippen molar-refractivity contribution >= 4 is 32.3 Å². The summed E-state index contributed by atoms with van der Waals surface area (Å²) >= 11 is 0. The molecule has 0 atom stereocenters. The van der Waals surface area contributed by atoms with Crippen LogP contribution in [0.4, 0.5) is 0 Å². The predicted molar refractivity (Wildman–Crippen MR) is 204 cm³/mol. The number of aromatic nitrogens is 1. The van der Waals surface area contributed by atoms with Gasteiger partial charge in [0.1, 0.15) is 0 Å². The molecule has 0 N–H and O–H groups in total. The van der Waals surface area contributed by atoms with Crippen molar-refractivity contribution in [3.63, 3.8) is 0 Å². The Balaban J connectivity index is 1.17. The van der Waals surface area contributed by atoms with Crippen LogP contribution in [0.15, 0.2) is 188 Å². The quantitative estimate of drug-likeness (QED) is 0.177. The summed E-state index contributed by atoms with van der Waals surface area (Å²) in [6.07, 6.45) is 0. The van der Waals surface area contributed by atoms with Crippen molar-refractivity contribution in [2.75, 3.05) is 0 Å². The van der Waals surface area contributed by atoms with Gasteiger partial charge in [0.05, 0.1) is 11.4 Å². The van der Waals surface area contributed by atoms with E-state index >= 15 is 0 Å². The monoisotopic (exact) mass is 609 g/mol. The van der Waals surface area contributed by atoms with Gasteiger partial charge in [0.25, 0.3) is 0 Å². The minimum Gasteiger partial charge on any atom is -0.248 e. The minimum absolute atomic E-state index is 0.980. The highest BCUT2D eigenvalue weighted by Crippen LogP contribution is 2.44. The molecule has 1 heterocycles. The molecule has 9 rings (SSSR count). The van der Waals surface area contributed by atoms with E-state index in [-0.39, 0.29) is 0 Å². The molecule has 1 heteroatoms. The molecule has 224 valence electrons. The van der Waals surface area contributed by atoms with Crippen LogP contribution >= 0.6 is 0 Å². The van der Waals surface area contributed by atoms with Crippen LogP contribution in [0.2, 0.25) is 0 Å². The third-order valence-electron chi connectivity index (χ3n) is 9.50. The molecule has 48 heavy (non-hydrogen) atoms. The first-order valence-corrected chi connectivity index (χ1v) is 16.5. The Bertz CT molecular complexity index is 2520. The van der Waals surface area contributed by atoms with Crippen molar-refractivity contribution in [3.05, 3.63) is 188 Å². The van der Waals surface area contributed by atoms with E-state index in [4.69, 9.17) is 4.98 Å². The van der Waals surface area contributed by atoms with Crippen molar-refractivity contribution in [2.24, 2.45) is 0 Å². The second kappa shape index (κ2) is 11.8. The van der Waals surface area contributed by atoms with Crippen molar-refractivity contribution in [1.82, 2.24) is 4.98 Å². The van der Waals surface area contributed by atoms with Crippen LogP contribution in [-0.2, 0) is 0 Å². The highest BCUT2D eigenvalue weighted by molar-refractivity contribution is 6.21. The van der Waals surface area contributed by atoms with Gasteiger partial charge in [0, 0.05) is 11.1 Å². The van der Waals surface area contributed by atoms with Crippen molar-refractivity contribution in [1.29, 1.82) is 0 Å². The lowest BCUT2D eigenvalue weighted by atomic mass is 9.86. The van der Waals surface area contributed by atoms with Crippen LogP contribution in [0.25, 0.3) is 88.2 Å². The molecule has 1 aromatic heterocycles. The molecular weight excluding hydrogens is 579 g/mol. The summed E-state index contributed by atoms with van der Waals surface area (Å²) in [6, 6.07) is 67.4. The van der Waals surface area contributed by atoms with E-state index in [1.54, 1.807) is 0 Å². The Kier molecular flexibility index (Phi) is 6.87. The minimum atomic E-state index is 0.980. The molecule has 0 saturated carbocycles. The molecule has 9 aromatic rings. The fourth-order valence-corrected chi connectivity index (χ4v) is 7.20. The van der Waals surface area contributed by atoms with Gasteiger partial charge < -0.3 is 0 Å². The molecule has 0 saturated heterocycles. The van der Waals surface area contributed by atoms with Crippen LogP contribution in [0.5, 0.6) is 0 Å². The zero-order valence-corrected chi connectivity index (χ0v) is 26.3. The Morgan fingerprint density at radius 1 is 0.250 bits per heavy atom. The van der Waals surface area contributed by atoms with Crippen LogP contribution in [0.3, 0.4) is 0 Å². The molecule has 0 aliphatic rings. The number of nitrogens with zero attached hydrogens (tertiary/aromatic N) is 1. The molecule has 0 fully saturated rings. The number of rotatable bonds is 5. The van der Waals surface area contributed by atoms with Gasteiger partial charge >= 0.3 is 0 Å². The van der Waals surface area contributed by atoms with Crippen molar-refractivity contribution in [3.8, 4) is 55.9 Å². The molecule has 0 unspecified atom stereocenters. The van der Waals surface area contributed by atoms with Crippen molar-refractivity contribution in [2.45, 2.75) is 0 Å². The van der Waals surface area contributed by atoms with Crippen LogP contribution < -0.4 is 0 Å². The summed E-state index contributed by atoms with van der Waals surface area (Å²) in [5.74, 6) is 0. The van der Waals surface area contributed by atoms with Crippen LogP contribution in [0, 0.1) is 0 Å². The van der Waals surface area contributed by atoms with E-state index in [0.717, 1.165) is 17.0 Å². The zero-order valence-electron chi connectivity index (χ0n) is 26.3. The molecular formula is C47H31N. The Morgan fingerprint density at radius 2 is 0.667 bits per heavy atom. The topological polar surface area (TPSA) is 12.9 Å². The fourth-order valence-electron chi connectivity index (χ4n) is 7.20. The van der Waals surface area contributed by atoms with Gasteiger partial charge in [0.15, 0.2) is 0 Å². The summed E-state index contributed by atoms with van der Waals surface area (Å²) in [5.41, 5.74) is 11.6. The SMILES string of the molecule is c1ccc(-c2ccc(-c3ccc(-c4c5ccccc5c(-c5cccc(-c6cccc7ccccc67)n5)c5ccccc45)cc3)cc2)cc1. The van der Waals surface area contributed by atoms with Crippen LogP contribution in [0.1, 0.15) is 0 Å². The van der Waals surface area contributed by atoms with Gasteiger partial charge in [0.2, 0.25) is 0 Å². The summed E-state index contributed by atoms with van der Waals surface area (Å²) in [4.78, 5) is 5.34. The standard InChI is InChI=1S/C47H31N/c1-2-12-32(13-3-1)33-24-26-34(27-25-33)35-28-30-37(31-29-35)46-40-17-6-8-19-42(40)47(43-20-9-7-18-41(43)46)45-23-11-22-44(48-45)39-21-10-15-36-14-4-5-16-38(36)39/h1-31H. The first kappa shape index (κ1) is 28.0. The van der Waals surface area contributed by atoms with E-state index in [0.29, 0.717) is 0 Å². The second-order valence-electron chi connectivity index (χ2n) is 12.3. The first-order valence-electron chi connectivity index (χ1n) is 16.5. The van der Waals surface area contributed by atoms with E-state index in [1.807, 2.05) is 0 Å². The van der Waals surface area contributed by atoms with Crippen molar-refractivity contribution < 1.29 is 0 Å². The smallest absolute Gasteiger partial charge is 0.0722 e. The fraction of sp³-hybridized carbons (Fsp3) is 0. The normalized spacial score (nSPS) is 11.3. The third kappa shape index (κ3) is 4.85. The van der Waals surface area contributed by atoms with Gasteiger partial charge in [-0.05, 0) is 77.8 Å². The van der Waals surface area contributed by atoms with E-state index in [9.17, 15) is 0 Å². The van der Waals surface area contributed by atoms with Gasteiger partial charge in [-0.3, -0.25) is 0 Å². The zero-order chi connectivity index (χ0) is 31.9. The molecule has 0 aliphatic carbocycles. The lowest BCUT2D eigenvalue weighted by Crippen LogP contribution is -1.94. The highest BCUT2D eigenvalue weighted by atomic mass is 14.7. The van der Waals surface area contributed by atoms with E-state index in [1.165, 1.54) is 71.3 Å². The Hall–Kier alpha value is -6.31. The summed E-state index contributed by atoms with van der Waals surface area (Å²) < 4.78 is 0. The molecule has 1 nitrogen and oxygen atoms in total. The molecule has 0 amide bonds. The van der Waals surface area contributed by atoms with E-state index in [2.05, 4.69) is 188 Å².